The number of hydrogen-bond acceptors (Lipinski definition) is 5. The molecule has 0 aromatic heterocycles. The maximum absolute atomic E-state index is 13.6. The zero-order valence-corrected chi connectivity index (χ0v) is 24.9. The summed E-state index contributed by atoms with van der Waals surface area (Å²) in [5.41, 5.74) is 1.93. The highest BCUT2D eigenvalue weighted by molar-refractivity contribution is 5.84. The summed E-state index contributed by atoms with van der Waals surface area (Å²) < 4.78 is 31.5. The number of nitrogens with one attached hydrogen (secondary N) is 1. The Hall–Kier alpha value is -2.48. The average molecular weight is 555 g/mol. The quantitative estimate of drug-likeness (QED) is 0.372. The summed E-state index contributed by atoms with van der Waals surface area (Å²) in [6.45, 7) is 15.4. The van der Waals surface area contributed by atoms with Crippen molar-refractivity contribution in [1.82, 2.24) is 10.2 Å². The molecule has 2 heterocycles. The van der Waals surface area contributed by atoms with Gasteiger partial charge in [-0.1, -0.05) is 52.0 Å². The molecule has 6 nitrogen and oxygen atoms in total. The van der Waals surface area contributed by atoms with Crippen LogP contribution in [0.5, 0.6) is 5.75 Å². The molecule has 2 aliphatic rings. The summed E-state index contributed by atoms with van der Waals surface area (Å²) in [4.78, 5) is 16.1. The van der Waals surface area contributed by atoms with Crippen molar-refractivity contribution in [3.05, 3.63) is 65.5 Å². The molecule has 0 radical (unpaired) electrons. The Labute approximate surface area is 239 Å². The number of benzene rings is 2. The van der Waals surface area contributed by atoms with Crippen molar-refractivity contribution in [2.75, 3.05) is 39.5 Å². The molecule has 2 aliphatic heterocycles. The molecular formula is C33H47FN2O4. The summed E-state index contributed by atoms with van der Waals surface area (Å²) in [5, 5.41) is 3.33. The number of likely N-dealkylation sites (tertiary alicyclic amines) is 1. The number of amides is 1. The highest BCUT2D eigenvalue weighted by Gasteiger charge is 2.37. The van der Waals surface area contributed by atoms with E-state index in [1.165, 1.54) is 12.1 Å². The van der Waals surface area contributed by atoms with Crippen LogP contribution in [0, 0.1) is 17.2 Å². The van der Waals surface area contributed by atoms with Gasteiger partial charge in [0.05, 0.1) is 25.7 Å². The molecule has 1 atom stereocenters. The van der Waals surface area contributed by atoms with Crippen LogP contribution in [0.2, 0.25) is 0 Å². The third-order valence-electron chi connectivity index (χ3n) is 7.89. The Kier molecular flexibility index (Phi) is 10.3. The van der Waals surface area contributed by atoms with Crippen molar-refractivity contribution in [3.63, 3.8) is 0 Å². The van der Waals surface area contributed by atoms with E-state index in [0.717, 1.165) is 55.8 Å². The number of nitrogens with zero attached hydrogens (tertiary/aromatic N) is 1. The van der Waals surface area contributed by atoms with Crippen LogP contribution in [0.1, 0.15) is 70.9 Å². The van der Waals surface area contributed by atoms with E-state index in [0.29, 0.717) is 32.2 Å². The van der Waals surface area contributed by atoms with E-state index in [9.17, 15) is 9.18 Å². The van der Waals surface area contributed by atoms with Crippen molar-refractivity contribution in [2.45, 2.75) is 78.0 Å². The Balaban J connectivity index is 1.32. The van der Waals surface area contributed by atoms with Crippen molar-refractivity contribution in [2.24, 2.45) is 11.3 Å². The second-order valence-electron chi connectivity index (χ2n) is 12.9. The number of piperidine rings is 1. The van der Waals surface area contributed by atoms with Crippen LogP contribution in [0.3, 0.4) is 0 Å². The van der Waals surface area contributed by atoms with E-state index < -0.39 is 5.79 Å². The number of carbonyl (C=O) groups is 1. The SMILES string of the molecule is CC(C)COc1ccc(C(Cc2ccc(F)cc2)C(=O)NC2CCN(CCC3(C)OCC(C)(C)CO3)CC2)cc1. The van der Waals surface area contributed by atoms with Gasteiger partial charge in [-0.15, -0.1) is 0 Å². The van der Waals surface area contributed by atoms with Crippen LogP contribution in [0.15, 0.2) is 48.5 Å². The highest BCUT2D eigenvalue weighted by Crippen LogP contribution is 2.31. The maximum atomic E-state index is 13.6. The fraction of sp³-hybridized carbons (Fsp3) is 0.606. The van der Waals surface area contributed by atoms with Crippen LogP contribution >= 0.6 is 0 Å². The minimum atomic E-state index is -0.524. The predicted octanol–water partition coefficient (Wildman–Crippen LogP) is 5.95. The average Bonchev–Trinajstić information content (AvgIpc) is 2.93. The minimum Gasteiger partial charge on any atom is -0.493 e. The first-order chi connectivity index (χ1) is 19.0. The van der Waals surface area contributed by atoms with Crippen molar-refractivity contribution < 1.29 is 23.4 Å². The van der Waals surface area contributed by atoms with Crippen LogP contribution < -0.4 is 10.1 Å². The molecule has 2 aromatic rings. The van der Waals surface area contributed by atoms with Crippen LogP contribution in [0.4, 0.5) is 4.39 Å². The van der Waals surface area contributed by atoms with Gasteiger partial charge in [-0.3, -0.25) is 4.79 Å². The van der Waals surface area contributed by atoms with Crippen LogP contribution in [-0.4, -0.2) is 62.1 Å². The molecule has 40 heavy (non-hydrogen) atoms. The second-order valence-corrected chi connectivity index (χ2v) is 12.9. The zero-order chi connectivity index (χ0) is 28.8. The topological polar surface area (TPSA) is 60.0 Å². The van der Waals surface area contributed by atoms with Gasteiger partial charge in [0, 0.05) is 37.5 Å². The summed E-state index contributed by atoms with van der Waals surface area (Å²) in [5.74, 6) is 0.0801. The molecule has 2 aromatic carbocycles. The molecular weight excluding hydrogens is 507 g/mol. The maximum Gasteiger partial charge on any atom is 0.228 e. The first-order valence-corrected chi connectivity index (χ1v) is 14.8. The van der Waals surface area contributed by atoms with E-state index >= 15 is 0 Å². The first kappa shape index (κ1) is 30.5. The summed E-state index contributed by atoms with van der Waals surface area (Å²) >= 11 is 0. The third-order valence-corrected chi connectivity index (χ3v) is 7.89. The van der Waals surface area contributed by atoms with E-state index in [2.05, 4.69) is 37.9 Å². The second kappa shape index (κ2) is 13.5. The van der Waals surface area contributed by atoms with Gasteiger partial charge in [0.15, 0.2) is 5.79 Å². The first-order valence-electron chi connectivity index (χ1n) is 14.8. The summed E-state index contributed by atoms with van der Waals surface area (Å²) in [6, 6.07) is 14.4. The van der Waals surface area contributed by atoms with Crippen LogP contribution in [0.25, 0.3) is 0 Å². The lowest BCUT2D eigenvalue weighted by Gasteiger charge is -2.42. The Morgan fingerprint density at radius 1 is 1.02 bits per heavy atom. The Morgan fingerprint density at radius 2 is 1.65 bits per heavy atom. The normalized spacial score (nSPS) is 20.3. The predicted molar refractivity (Wildman–Crippen MR) is 156 cm³/mol. The number of ether oxygens (including phenoxy) is 3. The lowest BCUT2D eigenvalue weighted by molar-refractivity contribution is -0.292. The molecule has 0 saturated carbocycles. The van der Waals surface area contributed by atoms with E-state index in [1.54, 1.807) is 12.1 Å². The Morgan fingerprint density at radius 3 is 2.25 bits per heavy atom. The Bertz CT molecular complexity index is 1070. The number of hydrogen-bond donors (Lipinski definition) is 1. The molecule has 0 bridgehead atoms. The number of rotatable bonds is 11. The standard InChI is InChI=1S/C33H47FN2O4/c1-24(2)21-38-29-12-8-26(9-13-29)30(20-25-6-10-27(34)11-7-25)31(37)35-28-14-17-36(18-15-28)19-16-33(5)39-22-32(3,4)23-40-33/h6-13,24,28,30H,14-23H2,1-5H3,(H,35,37). The highest BCUT2D eigenvalue weighted by atomic mass is 19.1. The van der Waals surface area contributed by atoms with E-state index in [-0.39, 0.29) is 29.1 Å². The summed E-state index contributed by atoms with van der Waals surface area (Å²) in [7, 11) is 0. The largest absolute Gasteiger partial charge is 0.493 e. The van der Waals surface area contributed by atoms with Crippen molar-refractivity contribution in [1.29, 1.82) is 0 Å². The molecule has 2 saturated heterocycles. The van der Waals surface area contributed by atoms with Gasteiger partial charge >= 0.3 is 0 Å². The van der Waals surface area contributed by atoms with Gasteiger partial charge in [0.1, 0.15) is 11.6 Å². The van der Waals surface area contributed by atoms with Gasteiger partial charge in [0.2, 0.25) is 5.91 Å². The molecule has 0 spiro atoms. The number of carbonyl (C=O) groups excluding carboxylic acids is 1. The molecule has 1 unspecified atom stereocenters. The van der Waals surface area contributed by atoms with Gasteiger partial charge in [-0.2, -0.15) is 0 Å². The number of halogens is 1. The fourth-order valence-electron chi connectivity index (χ4n) is 5.16. The molecule has 0 aliphatic carbocycles. The lowest BCUT2D eigenvalue weighted by Crippen LogP contribution is -2.49. The third kappa shape index (κ3) is 9.02. The molecule has 1 amide bonds. The monoisotopic (exact) mass is 554 g/mol. The fourth-order valence-corrected chi connectivity index (χ4v) is 5.16. The summed E-state index contributed by atoms with van der Waals surface area (Å²) in [6.07, 6.45) is 3.15. The van der Waals surface area contributed by atoms with E-state index in [1.807, 2.05) is 31.2 Å². The molecule has 4 rings (SSSR count). The smallest absolute Gasteiger partial charge is 0.228 e. The van der Waals surface area contributed by atoms with Gasteiger partial charge in [0.25, 0.3) is 0 Å². The van der Waals surface area contributed by atoms with E-state index in [4.69, 9.17) is 14.2 Å². The van der Waals surface area contributed by atoms with Crippen molar-refractivity contribution >= 4 is 5.91 Å². The van der Waals surface area contributed by atoms with Gasteiger partial charge in [-0.05, 0) is 67.5 Å². The minimum absolute atomic E-state index is 0.0118. The molecule has 2 fully saturated rings. The van der Waals surface area contributed by atoms with Crippen LogP contribution in [-0.2, 0) is 20.7 Å². The van der Waals surface area contributed by atoms with Crippen molar-refractivity contribution in [3.8, 4) is 5.75 Å². The lowest BCUT2D eigenvalue weighted by atomic mass is 9.90. The van der Waals surface area contributed by atoms with Gasteiger partial charge < -0.3 is 24.4 Å². The molecule has 1 N–H and O–H groups in total. The zero-order valence-electron chi connectivity index (χ0n) is 24.9. The molecule has 220 valence electrons. The van der Waals surface area contributed by atoms with Gasteiger partial charge in [-0.25, -0.2) is 4.39 Å². The molecule has 7 heteroatoms.